The van der Waals surface area contributed by atoms with E-state index in [0.717, 1.165) is 23.7 Å². The molecule has 1 aliphatic heterocycles. The van der Waals surface area contributed by atoms with E-state index in [1.165, 1.54) is 23.5 Å². The highest BCUT2D eigenvalue weighted by atomic mass is 35.5. The van der Waals surface area contributed by atoms with Crippen LogP contribution in [-0.2, 0) is 0 Å². The lowest BCUT2D eigenvalue weighted by Crippen LogP contribution is -2.40. The van der Waals surface area contributed by atoms with Gasteiger partial charge < -0.3 is 0 Å². The highest BCUT2D eigenvalue weighted by molar-refractivity contribution is 7.99. The van der Waals surface area contributed by atoms with Gasteiger partial charge in [-0.1, -0.05) is 11.6 Å². The van der Waals surface area contributed by atoms with Gasteiger partial charge in [-0.25, -0.2) is 0 Å². The van der Waals surface area contributed by atoms with Gasteiger partial charge in [-0.2, -0.15) is 11.8 Å². The highest BCUT2D eigenvalue weighted by Gasteiger charge is 2.24. The molecule has 2 nitrogen and oxygen atoms in total. The number of carbonyl (C=O) groups excluding carboxylic acids is 1. The third kappa shape index (κ3) is 3.47. The number of rotatable bonds is 3. The second-order valence-corrected chi connectivity index (χ2v) is 7.09. The highest BCUT2D eigenvalue weighted by Crippen LogP contribution is 2.24. The van der Waals surface area contributed by atoms with E-state index in [9.17, 15) is 4.79 Å². The summed E-state index contributed by atoms with van der Waals surface area (Å²) in [5.41, 5.74) is 0. The average molecular weight is 290 g/mol. The monoisotopic (exact) mass is 289 g/mol. The lowest BCUT2D eigenvalue weighted by molar-refractivity contribution is 0.0852. The van der Waals surface area contributed by atoms with E-state index < -0.39 is 0 Å². The summed E-state index contributed by atoms with van der Waals surface area (Å²) >= 11 is 9.22. The maximum absolute atomic E-state index is 12.3. The Morgan fingerprint density at radius 2 is 2.24 bits per heavy atom. The van der Waals surface area contributed by atoms with Gasteiger partial charge in [0.1, 0.15) is 0 Å². The fraction of sp³-hybridized carbons (Fsp3) is 0.583. The number of thioether (sulfide) groups is 1. The molecule has 0 aliphatic carbocycles. The van der Waals surface area contributed by atoms with Crippen LogP contribution in [0.1, 0.15) is 23.0 Å². The molecule has 1 saturated heterocycles. The van der Waals surface area contributed by atoms with Crippen LogP contribution in [0, 0.1) is 0 Å². The van der Waals surface area contributed by atoms with E-state index in [2.05, 4.69) is 4.90 Å². The molecule has 0 saturated carbocycles. The van der Waals surface area contributed by atoms with Gasteiger partial charge in [0.2, 0.25) is 0 Å². The minimum atomic E-state index is -0.0246. The third-order valence-corrected chi connectivity index (χ3v) is 5.29. The quantitative estimate of drug-likeness (QED) is 0.796. The van der Waals surface area contributed by atoms with Crippen LogP contribution < -0.4 is 0 Å². The molecule has 0 bridgehead atoms. The molecule has 1 atom stereocenters. The number of carbonyl (C=O) groups is 1. The van der Waals surface area contributed by atoms with Crippen molar-refractivity contribution < 1.29 is 4.79 Å². The smallest absolute Gasteiger partial charge is 0.189 e. The van der Waals surface area contributed by atoms with Crippen LogP contribution in [0.25, 0.3) is 0 Å². The van der Waals surface area contributed by atoms with Crippen LogP contribution >= 0.6 is 34.7 Å². The molecule has 1 aromatic rings. The Morgan fingerprint density at radius 1 is 1.41 bits per heavy atom. The zero-order chi connectivity index (χ0) is 12.3. The summed E-state index contributed by atoms with van der Waals surface area (Å²) in [7, 11) is 0. The molecule has 2 rings (SSSR count). The first-order chi connectivity index (χ1) is 8.18. The van der Waals surface area contributed by atoms with E-state index >= 15 is 0 Å². The molecule has 0 spiro atoms. The number of hydrogen-bond acceptors (Lipinski definition) is 4. The Labute approximate surface area is 115 Å². The Kier molecular flexibility index (Phi) is 4.91. The number of nitrogens with zero attached hydrogens (tertiary/aromatic N) is 1. The second kappa shape index (κ2) is 6.23. The van der Waals surface area contributed by atoms with Crippen LogP contribution in [0.4, 0.5) is 0 Å². The van der Waals surface area contributed by atoms with Gasteiger partial charge in [0.15, 0.2) is 5.78 Å². The standard InChI is InChI=1S/C12H16ClNOS2/c1-9(14-5-2-7-16-8-6-14)12(15)10-3-4-11(13)17-10/h3-4,9H,2,5-8H2,1H3. The maximum Gasteiger partial charge on any atom is 0.189 e. The van der Waals surface area contributed by atoms with Gasteiger partial charge in [-0.05, 0) is 37.8 Å². The lowest BCUT2D eigenvalue weighted by Gasteiger charge is -2.25. The summed E-state index contributed by atoms with van der Waals surface area (Å²) in [6.07, 6.45) is 1.17. The third-order valence-electron chi connectivity index (χ3n) is 3.00. The molecule has 2 heterocycles. The van der Waals surface area contributed by atoms with Gasteiger partial charge >= 0.3 is 0 Å². The normalized spacial score (nSPS) is 19.9. The van der Waals surface area contributed by atoms with Crippen LogP contribution in [0.2, 0.25) is 4.34 Å². The molecule has 0 amide bonds. The topological polar surface area (TPSA) is 20.3 Å². The van der Waals surface area contributed by atoms with Crippen molar-refractivity contribution >= 4 is 40.5 Å². The zero-order valence-electron chi connectivity index (χ0n) is 9.82. The number of hydrogen-bond donors (Lipinski definition) is 0. The van der Waals surface area contributed by atoms with E-state index in [1.54, 1.807) is 6.07 Å². The fourth-order valence-electron chi connectivity index (χ4n) is 1.97. The van der Waals surface area contributed by atoms with Gasteiger partial charge in [-0.15, -0.1) is 11.3 Å². The van der Waals surface area contributed by atoms with Crippen LogP contribution in [0.15, 0.2) is 12.1 Å². The summed E-state index contributed by atoms with van der Waals surface area (Å²) in [5.74, 6) is 2.54. The van der Waals surface area contributed by atoms with Crippen LogP contribution in [-0.4, -0.2) is 41.3 Å². The van der Waals surface area contributed by atoms with Crippen molar-refractivity contribution in [2.75, 3.05) is 24.6 Å². The molecule has 94 valence electrons. The lowest BCUT2D eigenvalue weighted by atomic mass is 10.1. The zero-order valence-corrected chi connectivity index (χ0v) is 12.2. The second-order valence-electron chi connectivity index (χ2n) is 4.15. The number of thiophene rings is 1. The van der Waals surface area contributed by atoms with Gasteiger partial charge in [0, 0.05) is 12.3 Å². The summed E-state index contributed by atoms with van der Waals surface area (Å²) < 4.78 is 0.687. The number of halogens is 1. The predicted molar refractivity (Wildman–Crippen MR) is 76.6 cm³/mol. The van der Waals surface area contributed by atoms with Crippen molar-refractivity contribution in [2.45, 2.75) is 19.4 Å². The molecular formula is C12H16ClNOS2. The first-order valence-electron chi connectivity index (χ1n) is 5.80. The summed E-state index contributed by atoms with van der Waals surface area (Å²) in [5, 5.41) is 0. The van der Waals surface area contributed by atoms with Crippen molar-refractivity contribution in [2.24, 2.45) is 0 Å². The molecule has 1 unspecified atom stereocenters. The SMILES string of the molecule is CC(C(=O)c1ccc(Cl)s1)N1CCCSCC1. The molecule has 1 aliphatic rings. The molecule has 0 aromatic carbocycles. The molecule has 0 radical (unpaired) electrons. The molecular weight excluding hydrogens is 274 g/mol. The van der Waals surface area contributed by atoms with Crippen molar-refractivity contribution in [3.8, 4) is 0 Å². The van der Waals surface area contributed by atoms with Crippen LogP contribution in [0.3, 0.4) is 0 Å². The molecule has 17 heavy (non-hydrogen) atoms. The predicted octanol–water partition coefficient (Wildman–Crippen LogP) is 3.41. The first kappa shape index (κ1) is 13.4. The molecule has 0 N–H and O–H groups in total. The van der Waals surface area contributed by atoms with E-state index in [4.69, 9.17) is 11.6 Å². The average Bonchev–Trinajstić information content (AvgIpc) is 2.60. The van der Waals surface area contributed by atoms with Gasteiger partial charge in [0.25, 0.3) is 0 Å². The Bertz CT molecular complexity index is 386. The van der Waals surface area contributed by atoms with Crippen molar-refractivity contribution in [3.05, 3.63) is 21.3 Å². The minimum absolute atomic E-state index is 0.0246. The van der Waals surface area contributed by atoms with Gasteiger partial charge in [-0.3, -0.25) is 9.69 Å². The van der Waals surface area contributed by atoms with Crippen molar-refractivity contribution in [3.63, 3.8) is 0 Å². The Balaban J connectivity index is 2.03. The summed E-state index contributed by atoms with van der Waals surface area (Å²) in [6.45, 7) is 4.04. The number of Topliss-reactive ketones (excluding diaryl/α,β-unsaturated/α-hetero) is 1. The summed E-state index contributed by atoms with van der Waals surface area (Å²) in [6, 6.07) is 3.60. The van der Waals surface area contributed by atoms with Gasteiger partial charge in [0.05, 0.1) is 15.3 Å². The number of ketones is 1. The first-order valence-corrected chi connectivity index (χ1v) is 8.15. The van der Waals surface area contributed by atoms with E-state index in [0.29, 0.717) is 4.34 Å². The molecule has 1 aromatic heterocycles. The van der Waals surface area contributed by atoms with Crippen molar-refractivity contribution in [1.82, 2.24) is 4.90 Å². The van der Waals surface area contributed by atoms with E-state index in [1.807, 2.05) is 24.8 Å². The Hall–Kier alpha value is -0.0300. The van der Waals surface area contributed by atoms with Crippen molar-refractivity contribution in [1.29, 1.82) is 0 Å². The maximum atomic E-state index is 12.3. The van der Waals surface area contributed by atoms with Crippen LogP contribution in [0.5, 0.6) is 0 Å². The fourth-order valence-corrected chi connectivity index (χ4v) is 3.94. The summed E-state index contributed by atoms with van der Waals surface area (Å²) in [4.78, 5) is 15.3. The largest absolute Gasteiger partial charge is 0.293 e. The Morgan fingerprint density at radius 3 is 2.94 bits per heavy atom. The molecule has 5 heteroatoms. The molecule has 1 fully saturated rings. The minimum Gasteiger partial charge on any atom is -0.293 e. The van der Waals surface area contributed by atoms with E-state index in [-0.39, 0.29) is 11.8 Å².